The van der Waals surface area contributed by atoms with Gasteiger partial charge < -0.3 is 10.2 Å². The van der Waals surface area contributed by atoms with Gasteiger partial charge in [0.2, 0.25) is 5.91 Å². The van der Waals surface area contributed by atoms with Crippen molar-refractivity contribution in [2.75, 3.05) is 11.4 Å². The minimum atomic E-state index is -0.0436. The van der Waals surface area contributed by atoms with Crippen molar-refractivity contribution in [2.24, 2.45) is 5.92 Å². The van der Waals surface area contributed by atoms with Crippen molar-refractivity contribution in [3.63, 3.8) is 0 Å². The number of rotatable bonds is 4. The van der Waals surface area contributed by atoms with Crippen LogP contribution in [-0.2, 0) is 4.79 Å². The summed E-state index contributed by atoms with van der Waals surface area (Å²) < 4.78 is 0. The van der Waals surface area contributed by atoms with Crippen molar-refractivity contribution < 1.29 is 9.59 Å². The predicted molar refractivity (Wildman–Crippen MR) is 77.7 cm³/mol. The Labute approximate surface area is 119 Å². The molecule has 1 saturated carbocycles. The Morgan fingerprint density at radius 1 is 1.40 bits per heavy atom. The smallest absolute Gasteiger partial charge is 0.251 e. The summed E-state index contributed by atoms with van der Waals surface area (Å²) >= 11 is 0. The van der Waals surface area contributed by atoms with Gasteiger partial charge in [0.1, 0.15) is 0 Å². The molecule has 4 heteroatoms. The average Bonchev–Trinajstić information content (AvgIpc) is 3.21. The summed E-state index contributed by atoms with van der Waals surface area (Å²) in [4.78, 5) is 25.7. The molecule has 1 atom stereocenters. The molecular formula is C16H20N2O2. The molecule has 1 saturated heterocycles. The van der Waals surface area contributed by atoms with E-state index in [1.165, 1.54) is 12.8 Å². The standard InChI is InChI=1S/C16H20N2O2/c1-11(12-7-8-12)17-16(20)13-4-2-5-14(10-13)18-9-3-6-15(18)19/h2,4-5,10-12H,3,6-9H2,1H3,(H,17,20). The minimum absolute atomic E-state index is 0.0436. The van der Waals surface area contributed by atoms with Crippen LogP contribution in [-0.4, -0.2) is 24.4 Å². The maximum atomic E-state index is 12.2. The van der Waals surface area contributed by atoms with Crippen LogP contribution < -0.4 is 10.2 Å². The summed E-state index contributed by atoms with van der Waals surface area (Å²) in [7, 11) is 0. The SMILES string of the molecule is CC(NC(=O)c1cccc(N2CCCC2=O)c1)C1CC1. The maximum Gasteiger partial charge on any atom is 0.251 e. The van der Waals surface area contributed by atoms with Gasteiger partial charge in [0.05, 0.1) is 0 Å². The lowest BCUT2D eigenvalue weighted by molar-refractivity contribution is -0.117. The quantitative estimate of drug-likeness (QED) is 0.914. The zero-order valence-electron chi connectivity index (χ0n) is 11.8. The Balaban J connectivity index is 1.73. The van der Waals surface area contributed by atoms with Crippen molar-refractivity contribution in [3.8, 4) is 0 Å². The summed E-state index contributed by atoms with van der Waals surface area (Å²) in [5, 5.41) is 3.04. The van der Waals surface area contributed by atoms with E-state index in [9.17, 15) is 9.59 Å². The van der Waals surface area contributed by atoms with E-state index in [0.29, 0.717) is 17.9 Å². The summed E-state index contributed by atoms with van der Waals surface area (Å²) in [6, 6.07) is 7.60. The summed E-state index contributed by atoms with van der Waals surface area (Å²) in [5.41, 5.74) is 1.47. The van der Waals surface area contributed by atoms with Crippen molar-refractivity contribution in [1.29, 1.82) is 0 Å². The van der Waals surface area contributed by atoms with Crippen LogP contribution in [0.5, 0.6) is 0 Å². The average molecular weight is 272 g/mol. The van der Waals surface area contributed by atoms with Gasteiger partial charge in [0.25, 0.3) is 5.91 Å². The molecule has 1 aromatic carbocycles. The molecule has 1 aliphatic carbocycles. The lowest BCUT2D eigenvalue weighted by Gasteiger charge is -2.17. The van der Waals surface area contributed by atoms with E-state index in [1.54, 1.807) is 11.0 Å². The molecule has 1 heterocycles. The van der Waals surface area contributed by atoms with E-state index in [0.717, 1.165) is 18.7 Å². The first-order valence-electron chi connectivity index (χ1n) is 7.36. The minimum Gasteiger partial charge on any atom is -0.349 e. The van der Waals surface area contributed by atoms with Crippen LogP contribution in [0.3, 0.4) is 0 Å². The number of nitrogens with one attached hydrogen (secondary N) is 1. The van der Waals surface area contributed by atoms with Crippen molar-refractivity contribution >= 4 is 17.5 Å². The van der Waals surface area contributed by atoms with Crippen LogP contribution in [0.25, 0.3) is 0 Å². The van der Waals surface area contributed by atoms with Crippen LogP contribution in [0, 0.1) is 5.92 Å². The number of hydrogen-bond donors (Lipinski definition) is 1. The number of nitrogens with zero attached hydrogens (tertiary/aromatic N) is 1. The van der Waals surface area contributed by atoms with Gasteiger partial charge in [-0.15, -0.1) is 0 Å². The van der Waals surface area contributed by atoms with Crippen molar-refractivity contribution in [3.05, 3.63) is 29.8 Å². The first-order chi connectivity index (χ1) is 9.65. The lowest BCUT2D eigenvalue weighted by atomic mass is 10.1. The number of benzene rings is 1. The van der Waals surface area contributed by atoms with Crippen molar-refractivity contribution in [1.82, 2.24) is 5.32 Å². The van der Waals surface area contributed by atoms with Crippen LogP contribution in [0.2, 0.25) is 0 Å². The third-order valence-electron chi connectivity index (χ3n) is 4.18. The Hall–Kier alpha value is -1.84. The highest BCUT2D eigenvalue weighted by Crippen LogP contribution is 2.32. The van der Waals surface area contributed by atoms with Gasteiger partial charge in [-0.3, -0.25) is 9.59 Å². The second-order valence-electron chi connectivity index (χ2n) is 5.80. The number of amides is 2. The first kappa shape index (κ1) is 13.2. The van der Waals surface area contributed by atoms with E-state index < -0.39 is 0 Å². The highest BCUT2D eigenvalue weighted by molar-refractivity contribution is 5.99. The van der Waals surface area contributed by atoms with Gasteiger partial charge in [-0.25, -0.2) is 0 Å². The normalized spacial score (nSPS) is 20.1. The number of carbonyl (C=O) groups excluding carboxylic acids is 2. The Morgan fingerprint density at radius 3 is 2.85 bits per heavy atom. The lowest BCUT2D eigenvalue weighted by Crippen LogP contribution is -2.34. The van der Waals surface area contributed by atoms with E-state index in [4.69, 9.17) is 0 Å². The zero-order valence-corrected chi connectivity index (χ0v) is 11.8. The number of carbonyl (C=O) groups is 2. The molecule has 3 rings (SSSR count). The second-order valence-corrected chi connectivity index (χ2v) is 5.80. The fourth-order valence-electron chi connectivity index (χ4n) is 2.74. The van der Waals surface area contributed by atoms with E-state index in [1.807, 2.05) is 18.2 Å². The van der Waals surface area contributed by atoms with E-state index in [-0.39, 0.29) is 17.9 Å². The molecule has 0 aromatic heterocycles. The highest BCUT2D eigenvalue weighted by atomic mass is 16.2. The fourth-order valence-corrected chi connectivity index (χ4v) is 2.74. The summed E-state index contributed by atoms with van der Waals surface area (Å²) in [6.45, 7) is 2.81. The molecule has 0 bridgehead atoms. The van der Waals surface area contributed by atoms with Crippen LogP contribution in [0.1, 0.15) is 43.0 Å². The summed E-state index contributed by atoms with van der Waals surface area (Å²) in [6.07, 6.45) is 3.93. The molecule has 0 radical (unpaired) electrons. The van der Waals surface area contributed by atoms with E-state index >= 15 is 0 Å². The molecule has 106 valence electrons. The van der Waals surface area contributed by atoms with E-state index in [2.05, 4.69) is 12.2 Å². The molecule has 1 unspecified atom stereocenters. The molecule has 2 fully saturated rings. The topological polar surface area (TPSA) is 49.4 Å². The molecule has 1 aromatic rings. The predicted octanol–water partition coefficient (Wildman–Crippen LogP) is 2.34. The second kappa shape index (κ2) is 5.27. The molecular weight excluding hydrogens is 252 g/mol. The Kier molecular flexibility index (Phi) is 3.47. The van der Waals surface area contributed by atoms with Crippen LogP contribution >= 0.6 is 0 Å². The van der Waals surface area contributed by atoms with Gasteiger partial charge in [-0.05, 0) is 50.3 Å². The monoisotopic (exact) mass is 272 g/mol. The van der Waals surface area contributed by atoms with Gasteiger partial charge in [-0.2, -0.15) is 0 Å². The molecule has 4 nitrogen and oxygen atoms in total. The highest BCUT2D eigenvalue weighted by Gasteiger charge is 2.29. The Bertz CT molecular complexity index is 537. The van der Waals surface area contributed by atoms with Crippen molar-refractivity contribution in [2.45, 2.75) is 38.6 Å². The zero-order chi connectivity index (χ0) is 14.1. The summed E-state index contributed by atoms with van der Waals surface area (Å²) in [5.74, 6) is 0.745. The largest absolute Gasteiger partial charge is 0.349 e. The molecule has 1 aliphatic heterocycles. The Morgan fingerprint density at radius 2 is 2.20 bits per heavy atom. The van der Waals surface area contributed by atoms with Gasteiger partial charge >= 0.3 is 0 Å². The van der Waals surface area contributed by atoms with Gasteiger partial charge in [-0.1, -0.05) is 6.07 Å². The van der Waals surface area contributed by atoms with Crippen LogP contribution in [0.15, 0.2) is 24.3 Å². The van der Waals surface area contributed by atoms with Crippen LogP contribution in [0.4, 0.5) is 5.69 Å². The molecule has 2 aliphatic rings. The number of hydrogen-bond acceptors (Lipinski definition) is 2. The molecule has 20 heavy (non-hydrogen) atoms. The fraction of sp³-hybridized carbons (Fsp3) is 0.500. The third-order valence-corrected chi connectivity index (χ3v) is 4.18. The molecule has 0 spiro atoms. The first-order valence-corrected chi connectivity index (χ1v) is 7.36. The third kappa shape index (κ3) is 2.69. The maximum absolute atomic E-state index is 12.2. The molecule has 2 amide bonds. The van der Waals surface area contributed by atoms with Gasteiger partial charge in [0.15, 0.2) is 0 Å². The molecule has 1 N–H and O–H groups in total. The van der Waals surface area contributed by atoms with Gasteiger partial charge in [0, 0.05) is 30.3 Å². The number of anilines is 1.